The van der Waals surface area contributed by atoms with E-state index in [1.54, 1.807) is 16.2 Å². The topological polar surface area (TPSA) is 58.9 Å². The Morgan fingerprint density at radius 2 is 2.38 bits per heavy atom. The molecular formula is C9H14IN5S. The number of guanidine groups is 1. The molecule has 0 aliphatic carbocycles. The molecular weight excluding hydrogens is 337 g/mol. The zero-order chi connectivity index (χ0) is 10.8. The third kappa shape index (κ3) is 2.85. The summed E-state index contributed by atoms with van der Waals surface area (Å²) in [4.78, 5) is 11.4. The summed E-state index contributed by atoms with van der Waals surface area (Å²) >= 11 is 1.61. The van der Waals surface area contributed by atoms with Gasteiger partial charge in [-0.3, -0.25) is 4.40 Å². The first kappa shape index (κ1) is 13.2. The van der Waals surface area contributed by atoms with Crippen LogP contribution >= 0.6 is 35.3 Å². The predicted molar refractivity (Wildman–Crippen MR) is 77.5 cm³/mol. The first-order valence-electron chi connectivity index (χ1n) is 4.55. The second kappa shape index (κ2) is 5.48. The van der Waals surface area contributed by atoms with Gasteiger partial charge in [-0.25, -0.2) is 9.98 Å². The van der Waals surface area contributed by atoms with E-state index in [1.807, 2.05) is 36.3 Å². The fourth-order valence-corrected chi connectivity index (χ4v) is 1.87. The van der Waals surface area contributed by atoms with Gasteiger partial charge in [0.05, 0.1) is 12.2 Å². The highest BCUT2D eigenvalue weighted by Crippen LogP contribution is 2.11. The molecule has 2 N–H and O–H groups in total. The number of imidazole rings is 1. The van der Waals surface area contributed by atoms with Gasteiger partial charge in [0.25, 0.3) is 0 Å². The summed E-state index contributed by atoms with van der Waals surface area (Å²) in [5.74, 6) is 0.520. The van der Waals surface area contributed by atoms with E-state index in [9.17, 15) is 0 Å². The molecule has 0 unspecified atom stereocenters. The third-order valence-corrected chi connectivity index (χ3v) is 2.78. The summed E-state index contributed by atoms with van der Waals surface area (Å²) in [6.45, 7) is 0.526. The Balaban J connectivity index is 0.00000128. The summed E-state index contributed by atoms with van der Waals surface area (Å²) in [5.41, 5.74) is 6.61. The van der Waals surface area contributed by atoms with Crippen molar-refractivity contribution >= 4 is 46.2 Å². The monoisotopic (exact) mass is 351 g/mol. The summed E-state index contributed by atoms with van der Waals surface area (Å²) in [5, 5.41) is 2.00. The van der Waals surface area contributed by atoms with Gasteiger partial charge in [-0.1, -0.05) is 0 Å². The highest BCUT2D eigenvalue weighted by Gasteiger charge is 2.01. The van der Waals surface area contributed by atoms with Crippen LogP contribution in [0.15, 0.2) is 22.8 Å². The first-order valence-corrected chi connectivity index (χ1v) is 5.43. The van der Waals surface area contributed by atoms with Gasteiger partial charge in [0.15, 0.2) is 10.9 Å². The molecule has 2 aromatic rings. The average Bonchev–Trinajstić information content (AvgIpc) is 2.72. The Hall–Kier alpha value is -0.830. The van der Waals surface area contributed by atoms with E-state index in [2.05, 4.69) is 9.98 Å². The Labute approximate surface area is 115 Å². The number of aliphatic imine (C=N–C) groups is 1. The van der Waals surface area contributed by atoms with E-state index in [-0.39, 0.29) is 24.0 Å². The van der Waals surface area contributed by atoms with E-state index in [0.717, 1.165) is 10.7 Å². The van der Waals surface area contributed by atoms with Crippen LogP contribution in [0.25, 0.3) is 4.96 Å². The normalized spacial score (nSPS) is 11.5. The molecule has 2 rings (SSSR count). The second-order valence-electron chi connectivity index (χ2n) is 3.39. The fraction of sp³-hybridized carbons (Fsp3) is 0.333. The number of hydrogen-bond acceptors (Lipinski definition) is 3. The number of nitrogens with two attached hydrogens (primary N) is 1. The lowest BCUT2D eigenvalue weighted by atomic mass is 10.5. The molecule has 88 valence electrons. The predicted octanol–water partition coefficient (Wildman–Crippen LogP) is 1.39. The molecule has 0 bridgehead atoms. The molecule has 2 heterocycles. The van der Waals surface area contributed by atoms with Crippen LogP contribution in [-0.2, 0) is 6.54 Å². The SMILES string of the molecule is CN(C)C(N)=NCc1cn2ccsc2n1.I. The van der Waals surface area contributed by atoms with Crippen molar-refractivity contribution in [1.82, 2.24) is 14.3 Å². The van der Waals surface area contributed by atoms with Gasteiger partial charge in [-0.05, 0) is 0 Å². The molecule has 2 aromatic heterocycles. The summed E-state index contributed by atoms with van der Waals surface area (Å²) in [6.07, 6.45) is 3.95. The van der Waals surface area contributed by atoms with Gasteiger partial charge < -0.3 is 10.6 Å². The van der Waals surface area contributed by atoms with E-state index >= 15 is 0 Å². The van der Waals surface area contributed by atoms with Crippen molar-refractivity contribution in [2.45, 2.75) is 6.54 Å². The highest BCUT2D eigenvalue weighted by molar-refractivity contribution is 14.0. The van der Waals surface area contributed by atoms with Crippen molar-refractivity contribution in [3.63, 3.8) is 0 Å². The molecule has 0 radical (unpaired) electrons. The minimum Gasteiger partial charge on any atom is -0.370 e. The van der Waals surface area contributed by atoms with Gasteiger partial charge in [-0.2, -0.15) is 0 Å². The molecule has 5 nitrogen and oxygen atoms in total. The van der Waals surface area contributed by atoms with Crippen LogP contribution in [0.3, 0.4) is 0 Å². The van der Waals surface area contributed by atoms with Gasteiger partial charge >= 0.3 is 0 Å². The van der Waals surface area contributed by atoms with Crippen LogP contribution < -0.4 is 5.73 Å². The van der Waals surface area contributed by atoms with Crippen molar-refractivity contribution < 1.29 is 0 Å². The molecule has 0 aliphatic heterocycles. The van der Waals surface area contributed by atoms with Gasteiger partial charge in [0.2, 0.25) is 0 Å². The number of thiazole rings is 1. The zero-order valence-corrected chi connectivity index (χ0v) is 12.3. The van der Waals surface area contributed by atoms with E-state index in [1.165, 1.54) is 0 Å². The van der Waals surface area contributed by atoms with Crippen molar-refractivity contribution in [3.05, 3.63) is 23.5 Å². The number of halogens is 1. The molecule has 0 saturated heterocycles. The van der Waals surface area contributed by atoms with Gasteiger partial charge in [0.1, 0.15) is 0 Å². The van der Waals surface area contributed by atoms with E-state index in [4.69, 9.17) is 5.73 Å². The average molecular weight is 351 g/mol. The van der Waals surface area contributed by atoms with Crippen molar-refractivity contribution in [1.29, 1.82) is 0 Å². The quantitative estimate of drug-likeness (QED) is 0.505. The molecule has 0 aliphatic rings. The smallest absolute Gasteiger partial charge is 0.193 e. The maximum absolute atomic E-state index is 5.68. The first-order chi connectivity index (χ1) is 7.16. The molecule has 7 heteroatoms. The minimum absolute atomic E-state index is 0. The Morgan fingerprint density at radius 1 is 1.62 bits per heavy atom. The minimum atomic E-state index is 0. The van der Waals surface area contributed by atoms with Crippen LogP contribution in [0.2, 0.25) is 0 Å². The molecule has 0 saturated carbocycles. The fourth-order valence-electron chi connectivity index (χ4n) is 1.16. The van der Waals surface area contributed by atoms with Crippen LogP contribution in [-0.4, -0.2) is 34.3 Å². The van der Waals surface area contributed by atoms with Crippen molar-refractivity contribution in [3.8, 4) is 0 Å². The number of fused-ring (bicyclic) bond motifs is 1. The Morgan fingerprint density at radius 3 is 3.00 bits per heavy atom. The van der Waals surface area contributed by atoms with E-state index in [0.29, 0.717) is 12.5 Å². The zero-order valence-electron chi connectivity index (χ0n) is 9.12. The molecule has 0 fully saturated rings. The van der Waals surface area contributed by atoms with Crippen LogP contribution in [0.4, 0.5) is 0 Å². The molecule has 0 spiro atoms. The summed E-state index contributed by atoms with van der Waals surface area (Å²) in [7, 11) is 3.73. The van der Waals surface area contributed by atoms with Crippen molar-refractivity contribution in [2.24, 2.45) is 10.7 Å². The third-order valence-electron chi connectivity index (χ3n) is 2.00. The van der Waals surface area contributed by atoms with Crippen molar-refractivity contribution in [2.75, 3.05) is 14.1 Å². The summed E-state index contributed by atoms with van der Waals surface area (Å²) in [6, 6.07) is 0. The van der Waals surface area contributed by atoms with Crippen LogP contribution in [0, 0.1) is 0 Å². The van der Waals surface area contributed by atoms with E-state index < -0.39 is 0 Å². The number of nitrogens with zero attached hydrogens (tertiary/aromatic N) is 4. The molecule has 16 heavy (non-hydrogen) atoms. The Bertz CT molecular complexity index is 458. The Kier molecular flexibility index (Phi) is 4.54. The lowest BCUT2D eigenvalue weighted by molar-refractivity contribution is 0.609. The standard InChI is InChI=1S/C9H13N5S.HI/c1-13(2)8(10)11-5-7-6-14-3-4-15-9(14)12-7;/h3-4,6H,5H2,1-2H3,(H2,10,11);1H. The largest absolute Gasteiger partial charge is 0.370 e. The van der Waals surface area contributed by atoms with Crippen LogP contribution in [0.5, 0.6) is 0 Å². The van der Waals surface area contributed by atoms with Gasteiger partial charge in [-0.15, -0.1) is 35.3 Å². The molecule has 0 amide bonds. The maximum Gasteiger partial charge on any atom is 0.193 e. The lowest BCUT2D eigenvalue weighted by Crippen LogP contribution is -2.30. The highest BCUT2D eigenvalue weighted by atomic mass is 127. The number of rotatable bonds is 2. The second-order valence-corrected chi connectivity index (χ2v) is 4.27. The maximum atomic E-state index is 5.68. The molecule has 0 aromatic carbocycles. The van der Waals surface area contributed by atoms with Gasteiger partial charge in [0, 0.05) is 31.9 Å². The summed E-state index contributed by atoms with van der Waals surface area (Å²) < 4.78 is 1.99. The number of aromatic nitrogens is 2. The lowest BCUT2D eigenvalue weighted by Gasteiger charge is -2.09. The molecule has 0 atom stereocenters. The number of hydrogen-bond donors (Lipinski definition) is 1. The van der Waals surface area contributed by atoms with Crippen LogP contribution in [0.1, 0.15) is 5.69 Å².